The Bertz CT molecular complexity index is 225. The summed E-state index contributed by atoms with van der Waals surface area (Å²) in [4.78, 5) is 0. The second-order valence-corrected chi connectivity index (χ2v) is 1.60. The molecule has 0 bridgehead atoms. The van der Waals surface area contributed by atoms with E-state index in [1.165, 1.54) is 5.10 Å². The molecule has 0 spiro atoms. The van der Waals surface area contributed by atoms with E-state index < -0.39 is 17.8 Å². The van der Waals surface area contributed by atoms with E-state index in [4.69, 9.17) is 0 Å². The molecule has 1 aromatic heterocycles. The topological polar surface area (TPSA) is 28.7 Å². The second-order valence-electron chi connectivity index (χ2n) is 1.60. The van der Waals surface area contributed by atoms with Crippen molar-refractivity contribution in [3.8, 4) is 0 Å². The Labute approximate surface area is 52.9 Å². The van der Waals surface area contributed by atoms with E-state index in [-0.39, 0.29) is 0 Å². The zero-order chi connectivity index (χ0) is 7.78. The second kappa shape index (κ2) is 1.96. The van der Waals surface area contributed by atoms with Gasteiger partial charge in [0.1, 0.15) is 0 Å². The van der Waals surface area contributed by atoms with Gasteiger partial charge in [-0.1, -0.05) is 0 Å². The molecule has 1 N–H and O–H groups in total. The van der Waals surface area contributed by atoms with Crippen molar-refractivity contribution in [1.82, 2.24) is 10.2 Å². The van der Waals surface area contributed by atoms with E-state index in [9.17, 15) is 17.6 Å². The summed E-state index contributed by atoms with van der Waals surface area (Å²) in [7, 11) is 0. The highest BCUT2D eigenvalue weighted by atomic mass is 19.4. The minimum absolute atomic E-state index is 0.292. The van der Waals surface area contributed by atoms with Gasteiger partial charge in [-0.25, -0.2) is 0 Å². The van der Waals surface area contributed by atoms with Gasteiger partial charge in [-0.05, 0) is 0 Å². The minimum atomic E-state index is -4.57. The number of aromatic nitrogens is 2. The van der Waals surface area contributed by atoms with Crippen LogP contribution in [0.1, 0.15) is 5.69 Å². The van der Waals surface area contributed by atoms with Crippen molar-refractivity contribution in [2.24, 2.45) is 0 Å². The number of H-pyrrole nitrogens is 1. The quantitative estimate of drug-likeness (QED) is 0.564. The van der Waals surface area contributed by atoms with Crippen LogP contribution in [0.3, 0.4) is 0 Å². The molecule has 6 heteroatoms. The van der Waals surface area contributed by atoms with E-state index in [1.807, 2.05) is 0 Å². The molecule has 10 heavy (non-hydrogen) atoms. The number of hydrogen-bond donors (Lipinski definition) is 1. The normalized spacial score (nSPS) is 12.0. The van der Waals surface area contributed by atoms with Gasteiger partial charge >= 0.3 is 6.18 Å². The van der Waals surface area contributed by atoms with Gasteiger partial charge in [0.05, 0.1) is 0 Å². The van der Waals surface area contributed by atoms with Crippen molar-refractivity contribution in [1.29, 1.82) is 0 Å². The van der Waals surface area contributed by atoms with E-state index in [0.717, 1.165) is 0 Å². The molecule has 56 valence electrons. The maximum Gasteiger partial charge on any atom is 0.435 e. The first-order valence-corrected chi connectivity index (χ1v) is 2.28. The molecular weight excluding hydrogens is 152 g/mol. The fourth-order valence-electron chi connectivity index (χ4n) is 0.443. The monoisotopic (exact) mass is 154 g/mol. The Balaban J connectivity index is 2.96. The lowest BCUT2D eigenvalue weighted by Gasteiger charge is -1.97. The molecule has 0 fully saturated rings. The summed E-state index contributed by atoms with van der Waals surface area (Å²) in [6, 6.07) is 0.292. The van der Waals surface area contributed by atoms with Gasteiger partial charge in [0.15, 0.2) is 5.69 Å². The maximum atomic E-state index is 11.8. The molecule has 0 saturated heterocycles. The van der Waals surface area contributed by atoms with Gasteiger partial charge < -0.3 is 0 Å². The van der Waals surface area contributed by atoms with Gasteiger partial charge in [-0.15, -0.1) is 0 Å². The smallest absolute Gasteiger partial charge is 0.252 e. The minimum Gasteiger partial charge on any atom is -0.252 e. The lowest BCUT2D eigenvalue weighted by Crippen LogP contribution is -2.04. The molecular formula is C4H2F4N2. The lowest BCUT2D eigenvalue weighted by atomic mass is 10.4. The highest BCUT2D eigenvalue weighted by molar-refractivity contribution is 5.03. The Morgan fingerprint density at radius 3 is 2.20 bits per heavy atom. The van der Waals surface area contributed by atoms with Gasteiger partial charge in [-0.2, -0.15) is 22.7 Å². The highest BCUT2D eigenvalue weighted by Gasteiger charge is 2.33. The van der Waals surface area contributed by atoms with Crippen molar-refractivity contribution in [3.63, 3.8) is 0 Å². The number of nitrogens with one attached hydrogen (secondary N) is 1. The first kappa shape index (κ1) is 7.04. The average Bonchev–Trinajstić information content (AvgIpc) is 2.11. The van der Waals surface area contributed by atoms with Crippen LogP contribution in [0.4, 0.5) is 17.6 Å². The molecule has 1 aromatic rings. The summed E-state index contributed by atoms with van der Waals surface area (Å²) in [6.07, 6.45) is -4.57. The molecule has 0 amide bonds. The van der Waals surface area contributed by atoms with Crippen LogP contribution in [0.25, 0.3) is 0 Å². The molecule has 0 aliphatic carbocycles. The van der Waals surface area contributed by atoms with Gasteiger partial charge in [0.2, 0.25) is 5.95 Å². The number of nitrogens with zero attached hydrogens (tertiary/aromatic N) is 1. The van der Waals surface area contributed by atoms with Gasteiger partial charge in [0.25, 0.3) is 0 Å². The first-order chi connectivity index (χ1) is 4.50. The van der Waals surface area contributed by atoms with Crippen LogP contribution in [-0.2, 0) is 6.18 Å². The fourth-order valence-corrected chi connectivity index (χ4v) is 0.443. The molecule has 0 saturated carbocycles. The summed E-state index contributed by atoms with van der Waals surface area (Å²) in [5, 5.41) is 4.20. The number of aromatic amines is 1. The summed E-state index contributed by atoms with van der Waals surface area (Å²) in [5.74, 6) is -1.09. The third-order valence-electron chi connectivity index (χ3n) is 0.837. The van der Waals surface area contributed by atoms with Crippen LogP contribution in [0, 0.1) is 5.95 Å². The highest BCUT2D eigenvalue weighted by Crippen LogP contribution is 2.27. The predicted molar refractivity (Wildman–Crippen MR) is 23.5 cm³/mol. The molecule has 0 aliphatic rings. The summed E-state index contributed by atoms with van der Waals surface area (Å²) in [6.45, 7) is 0. The van der Waals surface area contributed by atoms with Crippen LogP contribution in [0.15, 0.2) is 6.07 Å². The van der Waals surface area contributed by atoms with E-state index in [1.54, 1.807) is 0 Å². The summed E-state index contributed by atoms with van der Waals surface area (Å²) >= 11 is 0. The van der Waals surface area contributed by atoms with E-state index in [2.05, 4.69) is 5.10 Å². The largest absolute Gasteiger partial charge is 0.435 e. The van der Waals surface area contributed by atoms with E-state index >= 15 is 0 Å². The molecule has 0 atom stereocenters. The average molecular weight is 154 g/mol. The van der Waals surface area contributed by atoms with Crippen molar-refractivity contribution in [3.05, 3.63) is 17.7 Å². The van der Waals surface area contributed by atoms with E-state index in [0.29, 0.717) is 6.07 Å². The van der Waals surface area contributed by atoms with Crippen LogP contribution in [0.5, 0.6) is 0 Å². The maximum absolute atomic E-state index is 11.8. The number of hydrogen-bond acceptors (Lipinski definition) is 1. The molecule has 0 aliphatic heterocycles. The van der Waals surface area contributed by atoms with Crippen molar-refractivity contribution in [2.45, 2.75) is 6.18 Å². The predicted octanol–water partition coefficient (Wildman–Crippen LogP) is 1.57. The Kier molecular flexibility index (Phi) is 1.38. The molecule has 1 heterocycles. The SMILES string of the molecule is Fc1cc(C(F)(F)F)n[nH]1. The Morgan fingerprint density at radius 2 is 2.00 bits per heavy atom. The molecule has 1 rings (SSSR count). The number of halogens is 4. The number of rotatable bonds is 0. The Morgan fingerprint density at radius 1 is 1.40 bits per heavy atom. The summed E-state index contributed by atoms with van der Waals surface area (Å²) < 4.78 is 46.5. The number of alkyl halides is 3. The third-order valence-corrected chi connectivity index (χ3v) is 0.837. The van der Waals surface area contributed by atoms with Crippen molar-refractivity contribution in [2.75, 3.05) is 0 Å². The van der Waals surface area contributed by atoms with Crippen molar-refractivity contribution >= 4 is 0 Å². The summed E-state index contributed by atoms with van der Waals surface area (Å²) in [5.41, 5.74) is -1.25. The van der Waals surface area contributed by atoms with Gasteiger partial charge in [0, 0.05) is 6.07 Å². The van der Waals surface area contributed by atoms with Crippen molar-refractivity contribution < 1.29 is 17.6 Å². The third kappa shape index (κ3) is 1.26. The first-order valence-electron chi connectivity index (χ1n) is 2.28. The van der Waals surface area contributed by atoms with Gasteiger partial charge in [-0.3, -0.25) is 5.10 Å². The molecule has 0 aromatic carbocycles. The van der Waals surface area contributed by atoms with Crippen LogP contribution >= 0.6 is 0 Å². The Hall–Kier alpha value is -1.07. The molecule has 0 radical (unpaired) electrons. The standard InChI is InChI=1S/C4H2F4N2/c5-3-1-2(9-10-3)4(6,7)8/h1H,(H,9,10). The van der Waals surface area contributed by atoms with Crippen LogP contribution in [0.2, 0.25) is 0 Å². The molecule has 2 nitrogen and oxygen atoms in total. The van der Waals surface area contributed by atoms with Crippen LogP contribution < -0.4 is 0 Å². The van der Waals surface area contributed by atoms with Crippen LogP contribution in [-0.4, -0.2) is 10.2 Å². The zero-order valence-corrected chi connectivity index (χ0v) is 4.54. The molecule has 0 unspecified atom stereocenters. The fraction of sp³-hybridized carbons (Fsp3) is 0.250. The zero-order valence-electron chi connectivity index (χ0n) is 4.54. The lowest BCUT2D eigenvalue weighted by molar-refractivity contribution is -0.141.